The molecule has 0 saturated carbocycles. The maximum absolute atomic E-state index is 10.8. The van der Waals surface area contributed by atoms with Crippen LogP contribution < -0.4 is 0 Å². The number of esters is 1. The summed E-state index contributed by atoms with van der Waals surface area (Å²) in [5.74, 6) is -0.408. The third-order valence-corrected chi connectivity index (χ3v) is 1.44. The van der Waals surface area contributed by atoms with Crippen molar-refractivity contribution in [3.05, 3.63) is 25.3 Å². The molecule has 0 saturated heterocycles. The second kappa shape index (κ2) is 7.55. The Morgan fingerprint density at radius 1 is 1.54 bits per heavy atom. The smallest absolute Gasteiger partial charge is 0.330 e. The summed E-state index contributed by atoms with van der Waals surface area (Å²) >= 11 is 0. The minimum Gasteiger partial charge on any atom is -0.457 e. The lowest BCUT2D eigenvalue weighted by atomic mass is 10.3. The normalized spacial score (nSPS) is 11.8. The third kappa shape index (κ3) is 6.11. The van der Waals surface area contributed by atoms with E-state index in [4.69, 9.17) is 9.47 Å². The van der Waals surface area contributed by atoms with E-state index in [0.29, 0.717) is 13.2 Å². The molecular weight excluding hydrogens is 168 g/mol. The predicted molar refractivity (Wildman–Crippen MR) is 51.4 cm³/mol. The highest BCUT2D eigenvalue weighted by Crippen LogP contribution is 1.99. The van der Waals surface area contributed by atoms with Crippen LogP contribution in [0.5, 0.6) is 0 Å². The van der Waals surface area contributed by atoms with Gasteiger partial charge in [0, 0.05) is 6.08 Å². The molecule has 0 aromatic rings. The van der Waals surface area contributed by atoms with Crippen molar-refractivity contribution in [1.82, 2.24) is 0 Å². The van der Waals surface area contributed by atoms with E-state index in [1.54, 1.807) is 6.08 Å². The second-order valence-corrected chi connectivity index (χ2v) is 2.50. The molecule has 0 N–H and O–H groups in total. The van der Waals surface area contributed by atoms with Crippen LogP contribution in [0.3, 0.4) is 0 Å². The zero-order chi connectivity index (χ0) is 10.1. The predicted octanol–water partition coefficient (Wildman–Crippen LogP) is 1.70. The van der Waals surface area contributed by atoms with Crippen LogP contribution in [0.4, 0.5) is 0 Å². The molecule has 0 bridgehead atoms. The Hall–Kier alpha value is -1.09. The van der Waals surface area contributed by atoms with Crippen molar-refractivity contribution in [3.8, 4) is 0 Å². The molecule has 3 heteroatoms. The lowest BCUT2D eigenvalue weighted by Gasteiger charge is -2.14. The summed E-state index contributed by atoms with van der Waals surface area (Å²) in [5, 5.41) is 0. The first kappa shape index (κ1) is 11.9. The van der Waals surface area contributed by atoms with Crippen LogP contribution in [-0.2, 0) is 14.3 Å². The van der Waals surface area contributed by atoms with Crippen molar-refractivity contribution < 1.29 is 14.3 Å². The van der Waals surface area contributed by atoms with Crippen LogP contribution in [0, 0.1) is 0 Å². The van der Waals surface area contributed by atoms with Gasteiger partial charge < -0.3 is 9.47 Å². The van der Waals surface area contributed by atoms with E-state index in [1.807, 2.05) is 6.92 Å². The van der Waals surface area contributed by atoms with E-state index in [2.05, 4.69) is 13.2 Å². The van der Waals surface area contributed by atoms with Gasteiger partial charge in [0.2, 0.25) is 0 Å². The molecule has 0 rings (SSSR count). The summed E-state index contributed by atoms with van der Waals surface area (Å²) < 4.78 is 10.1. The largest absolute Gasteiger partial charge is 0.457 e. The van der Waals surface area contributed by atoms with E-state index >= 15 is 0 Å². The number of carbonyl (C=O) groups excluding carboxylic acids is 1. The molecule has 0 heterocycles. The lowest BCUT2D eigenvalue weighted by molar-refractivity contribution is -0.145. The summed E-state index contributed by atoms with van der Waals surface area (Å²) in [7, 11) is 0. The third-order valence-electron chi connectivity index (χ3n) is 1.44. The van der Waals surface area contributed by atoms with Crippen molar-refractivity contribution >= 4 is 5.97 Å². The Balaban J connectivity index is 3.68. The maximum atomic E-state index is 10.8. The summed E-state index contributed by atoms with van der Waals surface area (Å²) in [6.07, 6.45) is 3.35. The Labute approximate surface area is 79.0 Å². The molecule has 0 aliphatic heterocycles. The van der Waals surface area contributed by atoms with Crippen LogP contribution in [0.2, 0.25) is 0 Å². The molecule has 0 fully saturated rings. The monoisotopic (exact) mass is 184 g/mol. The van der Waals surface area contributed by atoms with Crippen LogP contribution >= 0.6 is 0 Å². The SMILES string of the molecule is C=CCOCC(CC)OC(=O)C=C. The zero-order valence-corrected chi connectivity index (χ0v) is 7.99. The van der Waals surface area contributed by atoms with Crippen molar-refractivity contribution in [2.75, 3.05) is 13.2 Å². The number of carbonyl (C=O) groups is 1. The molecule has 0 aromatic heterocycles. The van der Waals surface area contributed by atoms with Gasteiger partial charge in [0.1, 0.15) is 6.10 Å². The summed E-state index contributed by atoms with van der Waals surface area (Å²) in [6, 6.07) is 0. The quantitative estimate of drug-likeness (QED) is 0.261. The molecular formula is C10H16O3. The van der Waals surface area contributed by atoms with Gasteiger partial charge in [-0.25, -0.2) is 4.79 Å². The fourth-order valence-electron chi connectivity index (χ4n) is 0.730. The van der Waals surface area contributed by atoms with Gasteiger partial charge >= 0.3 is 5.97 Å². The summed E-state index contributed by atoms with van der Waals surface area (Å²) in [5.41, 5.74) is 0. The average molecular weight is 184 g/mol. The first-order valence-electron chi connectivity index (χ1n) is 4.26. The Bertz CT molecular complexity index is 175. The molecule has 1 atom stereocenters. The second-order valence-electron chi connectivity index (χ2n) is 2.50. The number of rotatable bonds is 7. The highest BCUT2D eigenvalue weighted by Gasteiger charge is 2.09. The molecule has 1 unspecified atom stereocenters. The van der Waals surface area contributed by atoms with Gasteiger partial charge in [-0.05, 0) is 6.42 Å². The fourth-order valence-corrected chi connectivity index (χ4v) is 0.730. The first-order chi connectivity index (χ1) is 6.24. The van der Waals surface area contributed by atoms with Gasteiger partial charge in [0.15, 0.2) is 0 Å². The van der Waals surface area contributed by atoms with Crippen LogP contribution in [0.15, 0.2) is 25.3 Å². The molecule has 0 aliphatic carbocycles. The molecule has 0 amide bonds. The van der Waals surface area contributed by atoms with E-state index < -0.39 is 5.97 Å². The molecule has 13 heavy (non-hydrogen) atoms. The lowest BCUT2D eigenvalue weighted by Crippen LogP contribution is -2.21. The Kier molecular flexibility index (Phi) is 6.92. The van der Waals surface area contributed by atoms with E-state index in [1.165, 1.54) is 0 Å². The van der Waals surface area contributed by atoms with Crippen LogP contribution in [0.1, 0.15) is 13.3 Å². The van der Waals surface area contributed by atoms with Crippen LogP contribution in [0.25, 0.3) is 0 Å². The van der Waals surface area contributed by atoms with Crippen LogP contribution in [-0.4, -0.2) is 25.3 Å². The molecule has 3 nitrogen and oxygen atoms in total. The van der Waals surface area contributed by atoms with E-state index in [9.17, 15) is 4.79 Å². The summed E-state index contributed by atoms with van der Waals surface area (Å²) in [4.78, 5) is 10.8. The van der Waals surface area contributed by atoms with Crippen molar-refractivity contribution in [3.63, 3.8) is 0 Å². The highest BCUT2D eigenvalue weighted by molar-refractivity contribution is 5.81. The minimum atomic E-state index is -0.408. The van der Waals surface area contributed by atoms with Gasteiger partial charge in [-0.15, -0.1) is 6.58 Å². The fraction of sp³-hybridized carbons (Fsp3) is 0.500. The molecule has 0 aromatic carbocycles. The topological polar surface area (TPSA) is 35.5 Å². The van der Waals surface area contributed by atoms with Gasteiger partial charge in [-0.3, -0.25) is 0 Å². The molecule has 74 valence electrons. The standard InChI is InChI=1S/C10H16O3/c1-4-7-12-8-9(5-2)13-10(11)6-3/h4,6,9H,1,3,5,7-8H2,2H3. The average Bonchev–Trinajstić information content (AvgIpc) is 2.16. The van der Waals surface area contributed by atoms with Gasteiger partial charge in [-0.1, -0.05) is 19.6 Å². The van der Waals surface area contributed by atoms with Gasteiger partial charge in [0.25, 0.3) is 0 Å². The van der Waals surface area contributed by atoms with Crippen molar-refractivity contribution in [2.45, 2.75) is 19.4 Å². The van der Waals surface area contributed by atoms with E-state index in [-0.39, 0.29) is 6.10 Å². The van der Waals surface area contributed by atoms with Crippen molar-refractivity contribution in [2.24, 2.45) is 0 Å². The first-order valence-corrected chi connectivity index (χ1v) is 4.26. The summed E-state index contributed by atoms with van der Waals surface area (Å²) in [6.45, 7) is 9.63. The van der Waals surface area contributed by atoms with Gasteiger partial charge in [0.05, 0.1) is 13.2 Å². The maximum Gasteiger partial charge on any atom is 0.330 e. The molecule has 0 spiro atoms. The Morgan fingerprint density at radius 2 is 2.23 bits per heavy atom. The highest BCUT2D eigenvalue weighted by atomic mass is 16.6. The Morgan fingerprint density at radius 3 is 2.69 bits per heavy atom. The number of hydrogen-bond donors (Lipinski definition) is 0. The van der Waals surface area contributed by atoms with Crippen molar-refractivity contribution in [1.29, 1.82) is 0 Å². The molecule has 0 radical (unpaired) electrons. The number of ether oxygens (including phenoxy) is 2. The minimum absolute atomic E-state index is 0.189. The van der Waals surface area contributed by atoms with E-state index in [0.717, 1.165) is 12.5 Å². The zero-order valence-electron chi connectivity index (χ0n) is 7.99. The molecule has 0 aliphatic rings. The number of hydrogen-bond acceptors (Lipinski definition) is 3. The van der Waals surface area contributed by atoms with Gasteiger partial charge in [-0.2, -0.15) is 0 Å².